The van der Waals surface area contributed by atoms with Crippen LogP contribution in [0.25, 0.3) is 0 Å². The maximum atomic E-state index is 12.5. The number of benzene rings is 2. The molecule has 0 aromatic heterocycles. The fourth-order valence-corrected chi connectivity index (χ4v) is 3.23. The lowest BCUT2D eigenvalue weighted by Crippen LogP contribution is -2.50. The molecule has 0 spiro atoms. The molecule has 1 amide bonds. The van der Waals surface area contributed by atoms with E-state index in [9.17, 15) is 9.59 Å². The van der Waals surface area contributed by atoms with Crippen molar-refractivity contribution in [1.29, 1.82) is 0 Å². The van der Waals surface area contributed by atoms with Gasteiger partial charge >= 0.3 is 0 Å². The fraction of sp³-hybridized carbons (Fsp3) is 0.333. The van der Waals surface area contributed by atoms with E-state index in [1.54, 1.807) is 13.2 Å². The summed E-state index contributed by atoms with van der Waals surface area (Å²) in [6.07, 6.45) is 0. The normalized spacial score (nSPS) is 14.0. The first kappa shape index (κ1) is 18.8. The number of ether oxygens (including phenoxy) is 1. The average molecular weight is 367 g/mol. The SMILES string of the molecule is COc1ccc(N2CCN(C(=O)CNc3ccccc3C(C)=O)CC2)cc1. The number of rotatable bonds is 6. The van der Waals surface area contributed by atoms with E-state index in [1.165, 1.54) is 6.92 Å². The van der Waals surface area contributed by atoms with Crippen LogP contribution in [0.2, 0.25) is 0 Å². The summed E-state index contributed by atoms with van der Waals surface area (Å²) in [5, 5.41) is 3.11. The van der Waals surface area contributed by atoms with E-state index >= 15 is 0 Å². The molecule has 0 bridgehead atoms. The molecule has 1 fully saturated rings. The van der Waals surface area contributed by atoms with Gasteiger partial charge in [-0.2, -0.15) is 0 Å². The van der Waals surface area contributed by atoms with Gasteiger partial charge in [0.05, 0.1) is 13.7 Å². The second kappa shape index (κ2) is 8.58. The minimum atomic E-state index is -0.0151. The molecule has 27 heavy (non-hydrogen) atoms. The smallest absolute Gasteiger partial charge is 0.241 e. The van der Waals surface area contributed by atoms with E-state index in [2.05, 4.69) is 10.2 Å². The molecular weight excluding hydrogens is 342 g/mol. The molecule has 0 radical (unpaired) electrons. The van der Waals surface area contributed by atoms with Crippen LogP contribution in [0.15, 0.2) is 48.5 Å². The number of Topliss-reactive ketones (excluding diaryl/α,β-unsaturated/α-hetero) is 1. The third kappa shape index (κ3) is 4.58. The summed E-state index contributed by atoms with van der Waals surface area (Å²) in [7, 11) is 1.65. The summed E-state index contributed by atoms with van der Waals surface area (Å²) in [6.45, 7) is 4.67. The predicted molar refractivity (Wildman–Crippen MR) is 107 cm³/mol. The van der Waals surface area contributed by atoms with Crippen LogP contribution >= 0.6 is 0 Å². The molecule has 6 heteroatoms. The Bertz CT molecular complexity index is 797. The Kier molecular flexibility index (Phi) is 5.96. The number of piperazine rings is 1. The molecular formula is C21H25N3O3. The van der Waals surface area contributed by atoms with Gasteiger partial charge in [-0.3, -0.25) is 9.59 Å². The van der Waals surface area contributed by atoms with Crippen molar-refractivity contribution in [3.05, 3.63) is 54.1 Å². The first-order valence-electron chi connectivity index (χ1n) is 9.09. The van der Waals surface area contributed by atoms with E-state index < -0.39 is 0 Å². The molecule has 0 atom stereocenters. The summed E-state index contributed by atoms with van der Waals surface area (Å²) in [5.74, 6) is 0.867. The lowest BCUT2D eigenvalue weighted by atomic mass is 10.1. The van der Waals surface area contributed by atoms with Crippen LogP contribution in [-0.2, 0) is 4.79 Å². The van der Waals surface area contributed by atoms with Gasteiger partial charge in [-0.25, -0.2) is 0 Å². The van der Waals surface area contributed by atoms with Crippen LogP contribution in [-0.4, -0.2) is 56.4 Å². The molecule has 1 saturated heterocycles. The Morgan fingerprint density at radius 3 is 2.30 bits per heavy atom. The molecule has 0 unspecified atom stereocenters. The Hall–Kier alpha value is -3.02. The van der Waals surface area contributed by atoms with Gasteiger partial charge in [0.15, 0.2) is 5.78 Å². The highest BCUT2D eigenvalue weighted by atomic mass is 16.5. The maximum absolute atomic E-state index is 12.5. The topological polar surface area (TPSA) is 61.9 Å². The first-order chi connectivity index (χ1) is 13.1. The highest BCUT2D eigenvalue weighted by Crippen LogP contribution is 2.21. The lowest BCUT2D eigenvalue weighted by Gasteiger charge is -2.36. The molecule has 2 aromatic carbocycles. The van der Waals surface area contributed by atoms with Gasteiger partial charge in [-0.15, -0.1) is 0 Å². The zero-order valence-electron chi connectivity index (χ0n) is 15.8. The van der Waals surface area contributed by atoms with Crippen molar-refractivity contribution in [2.45, 2.75) is 6.92 Å². The highest BCUT2D eigenvalue weighted by molar-refractivity contribution is 6.00. The van der Waals surface area contributed by atoms with Crippen molar-refractivity contribution in [3.8, 4) is 5.75 Å². The van der Waals surface area contributed by atoms with Gasteiger partial charge in [0.1, 0.15) is 5.75 Å². The van der Waals surface area contributed by atoms with Crippen LogP contribution in [0.3, 0.4) is 0 Å². The van der Waals surface area contributed by atoms with Crippen molar-refractivity contribution < 1.29 is 14.3 Å². The van der Waals surface area contributed by atoms with Gasteiger partial charge in [0, 0.05) is 43.1 Å². The number of methoxy groups -OCH3 is 1. The predicted octanol–water partition coefficient (Wildman–Crippen LogP) is 2.66. The Balaban J connectivity index is 1.52. The quantitative estimate of drug-likeness (QED) is 0.796. The number of nitrogens with one attached hydrogen (secondary N) is 1. The summed E-state index contributed by atoms with van der Waals surface area (Å²) < 4.78 is 5.19. The van der Waals surface area contributed by atoms with Gasteiger partial charge in [0.2, 0.25) is 5.91 Å². The van der Waals surface area contributed by atoms with Crippen LogP contribution in [0.4, 0.5) is 11.4 Å². The minimum absolute atomic E-state index is 0.0151. The lowest BCUT2D eigenvalue weighted by molar-refractivity contribution is -0.129. The number of carbonyl (C=O) groups excluding carboxylic acids is 2. The van der Waals surface area contributed by atoms with Crippen molar-refractivity contribution >= 4 is 23.1 Å². The van der Waals surface area contributed by atoms with Crippen molar-refractivity contribution in [3.63, 3.8) is 0 Å². The molecule has 142 valence electrons. The monoisotopic (exact) mass is 367 g/mol. The molecule has 1 aliphatic heterocycles. The number of amides is 1. The Labute approximate surface area is 159 Å². The maximum Gasteiger partial charge on any atom is 0.241 e. The largest absolute Gasteiger partial charge is 0.497 e. The van der Waals surface area contributed by atoms with Crippen molar-refractivity contribution in [2.75, 3.05) is 50.1 Å². The summed E-state index contributed by atoms with van der Waals surface area (Å²) >= 11 is 0. The van der Waals surface area contributed by atoms with E-state index in [-0.39, 0.29) is 18.2 Å². The van der Waals surface area contributed by atoms with Gasteiger partial charge < -0.3 is 19.9 Å². The molecule has 3 rings (SSSR count). The van der Waals surface area contributed by atoms with Gasteiger partial charge in [0.25, 0.3) is 0 Å². The van der Waals surface area contributed by atoms with Crippen LogP contribution in [0, 0.1) is 0 Å². The number of carbonyl (C=O) groups is 2. The van der Waals surface area contributed by atoms with E-state index in [0.717, 1.165) is 24.5 Å². The van der Waals surface area contributed by atoms with Gasteiger partial charge in [-0.1, -0.05) is 12.1 Å². The van der Waals surface area contributed by atoms with Crippen molar-refractivity contribution in [2.24, 2.45) is 0 Å². The van der Waals surface area contributed by atoms with E-state index in [1.807, 2.05) is 47.4 Å². The number of hydrogen-bond donors (Lipinski definition) is 1. The number of para-hydroxylation sites is 1. The molecule has 2 aromatic rings. The zero-order chi connectivity index (χ0) is 19.2. The third-order valence-corrected chi connectivity index (χ3v) is 4.81. The van der Waals surface area contributed by atoms with Crippen LogP contribution < -0.4 is 15.0 Å². The second-order valence-electron chi connectivity index (χ2n) is 6.52. The number of ketones is 1. The molecule has 1 N–H and O–H groups in total. The number of anilines is 2. The minimum Gasteiger partial charge on any atom is -0.497 e. The molecule has 1 aliphatic rings. The Morgan fingerprint density at radius 1 is 1.00 bits per heavy atom. The standard InChI is InChI=1S/C21H25N3O3/c1-16(25)19-5-3-4-6-20(19)22-15-21(26)24-13-11-23(12-14-24)17-7-9-18(27-2)10-8-17/h3-10,22H,11-15H2,1-2H3. The highest BCUT2D eigenvalue weighted by Gasteiger charge is 2.21. The average Bonchev–Trinajstić information content (AvgIpc) is 2.72. The summed E-state index contributed by atoms with van der Waals surface area (Å²) in [6, 6.07) is 15.2. The summed E-state index contributed by atoms with van der Waals surface area (Å²) in [4.78, 5) is 28.3. The van der Waals surface area contributed by atoms with E-state index in [0.29, 0.717) is 24.3 Å². The molecule has 0 aliphatic carbocycles. The Morgan fingerprint density at radius 2 is 1.67 bits per heavy atom. The summed E-state index contributed by atoms with van der Waals surface area (Å²) in [5.41, 5.74) is 2.45. The number of nitrogens with zero attached hydrogens (tertiary/aromatic N) is 2. The molecule has 1 heterocycles. The van der Waals surface area contributed by atoms with Crippen LogP contribution in [0.5, 0.6) is 5.75 Å². The van der Waals surface area contributed by atoms with Crippen LogP contribution in [0.1, 0.15) is 17.3 Å². The second-order valence-corrected chi connectivity index (χ2v) is 6.52. The number of hydrogen-bond acceptors (Lipinski definition) is 5. The zero-order valence-corrected chi connectivity index (χ0v) is 15.8. The molecule has 0 saturated carbocycles. The molecule has 6 nitrogen and oxygen atoms in total. The third-order valence-electron chi connectivity index (χ3n) is 4.81. The van der Waals surface area contributed by atoms with E-state index in [4.69, 9.17) is 4.74 Å². The van der Waals surface area contributed by atoms with Gasteiger partial charge in [-0.05, 0) is 43.3 Å². The van der Waals surface area contributed by atoms with Crippen molar-refractivity contribution in [1.82, 2.24) is 4.90 Å². The first-order valence-corrected chi connectivity index (χ1v) is 9.09. The fourth-order valence-electron chi connectivity index (χ4n) is 3.23.